The summed E-state index contributed by atoms with van der Waals surface area (Å²) in [5.74, 6) is -0.686. The Balaban J connectivity index is 2.20. The van der Waals surface area contributed by atoms with Crippen LogP contribution in [0.25, 0.3) is 0 Å². The predicted molar refractivity (Wildman–Crippen MR) is 49.8 cm³/mol. The van der Waals surface area contributed by atoms with Gasteiger partial charge in [0.25, 0.3) is 0 Å². The SMILES string of the molecule is C=CC1OC(C)(OC)CC2(CO2)C1O. The smallest absolute Gasteiger partial charge is 0.169 e. The van der Waals surface area contributed by atoms with Crippen molar-refractivity contribution in [1.29, 1.82) is 0 Å². The molecule has 2 saturated heterocycles. The molecule has 0 aromatic rings. The number of methoxy groups -OCH3 is 1. The Morgan fingerprint density at radius 1 is 1.64 bits per heavy atom. The van der Waals surface area contributed by atoms with Gasteiger partial charge in [-0.1, -0.05) is 6.08 Å². The minimum absolute atomic E-state index is 0.420. The summed E-state index contributed by atoms with van der Waals surface area (Å²) in [6.45, 7) is 6.05. The van der Waals surface area contributed by atoms with Gasteiger partial charge in [-0.15, -0.1) is 6.58 Å². The highest BCUT2D eigenvalue weighted by Crippen LogP contribution is 2.46. The lowest BCUT2D eigenvalue weighted by Gasteiger charge is -2.42. The summed E-state index contributed by atoms with van der Waals surface area (Å²) < 4.78 is 16.2. The van der Waals surface area contributed by atoms with Gasteiger partial charge in [0.15, 0.2) is 5.79 Å². The summed E-state index contributed by atoms with van der Waals surface area (Å²) in [6, 6.07) is 0. The van der Waals surface area contributed by atoms with Crippen molar-refractivity contribution in [2.75, 3.05) is 13.7 Å². The maximum absolute atomic E-state index is 9.91. The monoisotopic (exact) mass is 200 g/mol. The quantitative estimate of drug-likeness (QED) is 0.519. The van der Waals surface area contributed by atoms with Crippen LogP contribution in [0.15, 0.2) is 12.7 Å². The number of aliphatic hydroxyl groups excluding tert-OH is 1. The second-order valence-electron chi connectivity index (χ2n) is 4.13. The summed E-state index contributed by atoms with van der Waals surface area (Å²) in [5, 5.41) is 9.91. The number of ether oxygens (including phenoxy) is 3. The van der Waals surface area contributed by atoms with Gasteiger partial charge in [0.05, 0.1) is 6.61 Å². The van der Waals surface area contributed by atoms with Crippen LogP contribution in [-0.4, -0.2) is 42.4 Å². The second kappa shape index (κ2) is 3.03. The highest BCUT2D eigenvalue weighted by atomic mass is 16.7. The number of hydrogen-bond acceptors (Lipinski definition) is 4. The van der Waals surface area contributed by atoms with Crippen molar-refractivity contribution in [1.82, 2.24) is 0 Å². The lowest BCUT2D eigenvalue weighted by Crippen LogP contribution is -2.55. The van der Waals surface area contributed by atoms with E-state index in [0.29, 0.717) is 13.0 Å². The molecule has 14 heavy (non-hydrogen) atoms. The molecule has 4 unspecified atom stereocenters. The average Bonchev–Trinajstić information content (AvgIpc) is 2.93. The topological polar surface area (TPSA) is 51.2 Å². The molecule has 1 N–H and O–H groups in total. The highest BCUT2D eigenvalue weighted by Gasteiger charge is 2.61. The number of epoxide rings is 1. The minimum atomic E-state index is -0.686. The zero-order chi connectivity index (χ0) is 10.4. The van der Waals surface area contributed by atoms with Gasteiger partial charge in [0, 0.05) is 13.5 Å². The molecule has 4 nitrogen and oxygen atoms in total. The predicted octanol–water partition coefficient (Wildman–Crippen LogP) is 0.454. The molecule has 2 fully saturated rings. The molecule has 0 saturated carbocycles. The Morgan fingerprint density at radius 2 is 2.29 bits per heavy atom. The Bertz CT molecular complexity index is 249. The van der Waals surface area contributed by atoms with Gasteiger partial charge in [-0.2, -0.15) is 0 Å². The van der Waals surface area contributed by atoms with Crippen molar-refractivity contribution in [2.24, 2.45) is 0 Å². The van der Waals surface area contributed by atoms with E-state index in [4.69, 9.17) is 14.2 Å². The van der Waals surface area contributed by atoms with E-state index in [0.717, 1.165) is 0 Å². The fourth-order valence-electron chi connectivity index (χ4n) is 2.00. The first-order valence-electron chi connectivity index (χ1n) is 4.73. The summed E-state index contributed by atoms with van der Waals surface area (Å²) in [5.41, 5.74) is -0.470. The average molecular weight is 200 g/mol. The third-order valence-corrected chi connectivity index (χ3v) is 3.04. The molecular weight excluding hydrogens is 184 g/mol. The molecule has 0 bridgehead atoms. The van der Waals surface area contributed by atoms with Crippen molar-refractivity contribution in [3.05, 3.63) is 12.7 Å². The first-order valence-corrected chi connectivity index (χ1v) is 4.73. The molecule has 2 rings (SSSR count). The Hall–Kier alpha value is -0.420. The second-order valence-corrected chi connectivity index (χ2v) is 4.13. The molecule has 0 aromatic heterocycles. The molecule has 2 heterocycles. The molecule has 0 radical (unpaired) electrons. The first kappa shape index (κ1) is 10.1. The van der Waals surface area contributed by atoms with E-state index < -0.39 is 23.6 Å². The molecular formula is C10H16O4. The van der Waals surface area contributed by atoms with E-state index in [1.807, 2.05) is 6.92 Å². The Labute approximate surface area is 83.5 Å². The summed E-state index contributed by atoms with van der Waals surface area (Å²) in [7, 11) is 1.59. The van der Waals surface area contributed by atoms with E-state index >= 15 is 0 Å². The fraction of sp³-hybridized carbons (Fsp3) is 0.800. The minimum Gasteiger partial charge on any atom is -0.387 e. The third kappa shape index (κ3) is 1.39. The lowest BCUT2D eigenvalue weighted by atomic mass is 9.88. The van der Waals surface area contributed by atoms with Crippen LogP contribution in [0.1, 0.15) is 13.3 Å². The van der Waals surface area contributed by atoms with Crippen LogP contribution in [0.3, 0.4) is 0 Å². The van der Waals surface area contributed by atoms with Crippen LogP contribution in [0.4, 0.5) is 0 Å². The third-order valence-electron chi connectivity index (χ3n) is 3.04. The fourth-order valence-corrected chi connectivity index (χ4v) is 2.00. The van der Waals surface area contributed by atoms with E-state index in [1.54, 1.807) is 13.2 Å². The van der Waals surface area contributed by atoms with Crippen molar-refractivity contribution in [3.63, 3.8) is 0 Å². The van der Waals surface area contributed by atoms with Crippen LogP contribution in [-0.2, 0) is 14.2 Å². The van der Waals surface area contributed by atoms with Crippen LogP contribution in [0.2, 0.25) is 0 Å². The molecule has 2 aliphatic rings. The van der Waals surface area contributed by atoms with E-state index in [2.05, 4.69) is 6.58 Å². The van der Waals surface area contributed by atoms with Crippen LogP contribution in [0, 0.1) is 0 Å². The first-order chi connectivity index (χ1) is 6.55. The van der Waals surface area contributed by atoms with E-state index in [9.17, 15) is 5.11 Å². The standard InChI is InChI=1S/C10H16O4/c1-4-7-8(11)10(6-13-10)5-9(2,12-3)14-7/h4,7-8,11H,1,5-6H2,2-3H3. The van der Waals surface area contributed by atoms with Crippen molar-refractivity contribution in [3.8, 4) is 0 Å². The molecule has 0 amide bonds. The van der Waals surface area contributed by atoms with Crippen molar-refractivity contribution >= 4 is 0 Å². The maximum Gasteiger partial charge on any atom is 0.169 e. The maximum atomic E-state index is 9.91. The van der Waals surface area contributed by atoms with E-state index in [-0.39, 0.29) is 0 Å². The Morgan fingerprint density at radius 3 is 2.71 bits per heavy atom. The van der Waals surface area contributed by atoms with Crippen LogP contribution >= 0.6 is 0 Å². The molecule has 0 aliphatic carbocycles. The van der Waals surface area contributed by atoms with Gasteiger partial charge in [0.2, 0.25) is 0 Å². The van der Waals surface area contributed by atoms with Crippen molar-refractivity contribution in [2.45, 2.75) is 36.9 Å². The van der Waals surface area contributed by atoms with Gasteiger partial charge in [-0.3, -0.25) is 0 Å². The number of aliphatic hydroxyl groups is 1. The summed E-state index contributed by atoms with van der Waals surface area (Å²) in [4.78, 5) is 0. The zero-order valence-corrected chi connectivity index (χ0v) is 8.53. The van der Waals surface area contributed by atoms with Gasteiger partial charge in [-0.05, 0) is 6.92 Å². The van der Waals surface area contributed by atoms with Crippen LogP contribution in [0.5, 0.6) is 0 Å². The number of hydrogen-bond donors (Lipinski definition) is 1. The zero-order valence-electron chi connectivity index (χ0n) is 8.53. The molecule has 2 aliphatic heterocycles. The normalized spacial score (nSPS) is 51.9. The summed E-state index contributed by atoms with van der Waals surface area (Å²) in [6.07, 6.45) is 1.09. The number of rotatable bonds is 2. The largest absolute Gasteiger partial charge is 0.387 e. The molecule has 1 spiro atoms. The molecule has 4 atom stereocenters. The lowest BCUT2D eigenvalue weighted by molar-refractivity contribution is -0.284. The van der Waals surface area contributed by atoms with Gasteiger partial charge in [0.1, 0.15) is 17.8 Å². The van der Waals surface area contributed by atoms with Crippen LogP contribution < -0.4 is 0 Å². The molecule has 0 aromatic carbocycles. The van der Waals surface area contributed by atoms with Gasteiger partial charge >= 0.3 is 0 Å². The molecule has 80 valence electrons. The van der Waals surface area contributed by atoms with Crippen molar-refractivity contribution < 1.29 is 19.3 Å². The highest BCUT2D eigenvalue weighted by molar-refractivity contribution is 5.11. The summed E-state index contributed by atoms with van der Waals surface area (Å²) >= 11 is 0. The van der Waals surface area contributed by atoms with E-state index in [1.165, 1.54) is 0 Å². The van der Waals surface area contributed by atoms with Gasteiger partial charge in [-0.25, -0.2) is 0 Å². The molecule has 4 heteroatoms. The Kier molecular flexibility index (Phi) is 2.19. The van der Waals surface area contributed by atoms with Gasteiger partial charge < -0.3 is 19.3 Å².